The van der Waals surface area contributed by atoms with Gasteiger partial charge in [0.15, 0.2) is 11.5 Å². The highest BCUT2D eigenvalue weighted by Crippen LogP contribution is 2.34. The summed E-state index contributed by atoms with van der Waals surface area (Å²) in [6.45, 7) is -2.47. The lowest BCUT2D eigenvalue weighted by Gasteiger charge is -2.13. The van der Waals surface area contributed by atoms with Gasteiger partial charge in [-0.3, -0.25) is 24.1 Å². The van der Waals surface area contributed by atoms with Crippen molar-refractivity contribution in [2.75, 3.05) is 26.7 Å². The first-order valence-electron chi connectivity index (χ1n) is 10.7. The molecule has 2 fully saturated rings. The molecule has 12 heteroatoms. The normalized spacial score (nSPS) is 16.8. The number of hydrogen-bond donors (Lipinski definition) is 2. The molecule has 4 amide bonds. The van der Waals surface area contributed by atoms with E-state index in [2.05, 4.69) is 15.4 Å². The van der Waals surface area contributed by atoms with Gasteiger partial charge in [0.2, 0.25) is 11.8 Å². The Bertz CT molecular complexity index is 983. The summed E-state index contributed by atoms with van der Waals surface area (Å²) in [5.74, 6) is -0.682. The molecular weight excluding hydrogens is 472 g/mol. The summed E-state index contributed by atoms with van der Waals surface area (Å²) in [5.41, 5.74) is 0.464. The van der Waals surface area contributed by atoms with E-state index in [9.17, 15) is 28.0 Å². The van der Waals surface area contributed by atoms with Gasteiger partial charge in [-0.15, -0.1) is 0 Å². The molecule has 1 heterocycles. The lowest BCUT2D eigenvalue weighted by molar-refractivity contribution is -0.124. The number of carbonyl (C=O) groups excluding carboxylic acids is 4. The number of nitrogens with zero attached hydrogens (tertiary/aromatic N) is 1. The van der Waals surface area contributed by atoms with E-state index in [1.165, 1.54) is 31.4 Å². The maximum Gasteiger partial charge on any atom is 0.387 e. The van der Waals surface area contributed by atoms with E-state index in [1.807, 2.05) is 0 Å². The van der Waals surface area contributed by atoms with E-state index in [-0.39, 0.29) is 53.6 Å². The van der Waals surface area contributed by atoms with Gasteiger partial charge < -0.3 is 20.1 Å². The summed E-state index contributed by atoms with van der Waals surface area (Å²) in [6.07, 6.45) is 4.02. The van der Waals surface area contributed by atoms with Gasteiger partial charge in [0.1, 0.15) is 0 Å². The van der Waals surface area contributed by atoms with Gasteiger partial charge in [-0.2, -0.15) is 8.78 Å². The molecule has 0 atom stereocenters. The van der Waals surface area contributed by atoms with Gasteiger partial charge in [0.05, 0.1) is 12.0 Å². The summed E-state index contributed by atoms with van der Waals surface area (Å²) in [6, 6.07) is 4.16. The Hall–Kier alpha value is -3.15. The molecule has 0 bridgehead atoms. The fourth-order valence-electron chi connectivity index (χ4n) is 3.16. The van der Waals surface area contributed by atoms with Crippen LogP contribution in [0.5, 0.6) is 11.5 Å². The van der Waals surface area contributed by atoms with Crippen LogP contribution in [0.2, 0.25) is 0 Å². The molecule has 0 unspecified atom stereocenters. The molecule has 1 saturated heterocycles. The van der Waals surface area contributed by atoms with Crippen LogP contribution < -0.4 is 20.1 Å². The smallest absolute Gasteiger partial charge is 0.387 e. The Morgan fingerprint density at radius 2 is 1.97 bits per heavy atom. The summed E-state index contributed by atoms with van der Waals surface area (Å²) < 4.78 is 34.3. The summed E-state index contributed by atoms with van der Waals surface area (Å²) >= 11 is 0.744. The average Bonchev–Trinajstić information content (AvgIpc) is 3.61. The van der Waals surface area contributed by atoms with Gasteiger partial charge in [-0.1, -0.05) is 6.07 Å². The summed E-state index contributed by atoms with van der Waals surface area (Å²) in [4.78, 5) is 49.5. The van der Waals surface area contributed by atoms with Crippen molar-refractivity contribution in [3.8, 4) is 11.5 Å². The van der Waals surface area contributed by atoms with Crippen LogP contribution in [0.25, 0.3) is 6.08 Å². The molecule has 3 rings (SSSR count). The lowest BCUT2D eigenvalue weighted by Crippen LogP contribution is -2.37. The Kier molecular flexibility index (Phi) is 8.85. The Morgan fingerprint density at radius 1 is 1.21 bits per heavy atom. The highest BCUT2D eigenvalue weighted by molar-refractivity contribution is 8.18. The van der Waals surface area contributed by atoms with Crippen molar-refractivity contribution in [2.24, 2.45) is 5.92 Å². The molecule has 34 heavy (non-hydrogen) atoms. The zero-order valence-electron chi connectivity index (χ0n) is 18.5. The number of hydrogen-bond acceptors (Lipinski definition) is 7. The van der Waals surface area contributed by atoms with Crippen molar-refractivity contribution in [3.05, 3.63) is 28.7 Å². The van der Waals surface area contributed by atoms with Crippen LogP contribution in [-0.4, -0.2) is 61.2 Å². The molecule has 1 saturated carbocycles. The third-order valence-corrected chi connectivity index (χ3v) is 5.97. The van der Waals surface area contributed by atoms with Crippen LogP contribution in [-0.2, 0) is 14.4 Å². The van der Waals surface area contributed by atoms with Gasteiger partial charge in [0, 0.05) is 32.0 Å². The molecule has 2 aliphatic rings. The van der Waals surface area contributed by atoms with Crippen molar-refractivity contribution in [3.63, 3.8) is 0 Å². The second-order valence-electron chi connectivity index (χ2n) is 7.64. The van der Waals surface area contributed by atoms with E-state index >= 15 is 0 Å². The fraction of sp³-hybridized carbons (Fsp3) is 0.455. The van der Waals surface area contributed by atoms with E-state index < -0.39 is 17.8 Å². The predicted molar refractivity (Wildman–Crippen MR) is 120 cm³/mol. The molecule has 1 aliphatic carbocycles. The third kappa shape index (κ3) is 7.17. The minimum atomic E-state index is -3.01. The van der Waals surface area contributed by atoms with Crippen LogP contribution >= 0.6 is 11.8 Å². The number of amides is 4. The van der Waals surface area contributed by atoms with Crippen LogP contribution in [0.15, 0.2) is 23.1 Å². The standard InChI is InChI=1S/C22H25F2N3O6S/c1-32-16-11-13(4-7-15(16)33-21(23)24)12-17-20(30)27(22(31)34-17)10-9-25-18(28)3-2-8-26-19(29)14-5-6-14/h4,7,11-12,14,21H,2-3,5-6,8-10H2,1H3,(H,25,28)(H,26,29)/b17-12-. The minimum Gasteiger partial charge on any atom is -0.493 e. The first-order chi connectivity index (χ1) is 16.3. The van der Waals surface area contributed by atoms with Crippen molar-refractivity contribution >= 4 is 40.8 Å². The molecule has 9 nitrogen and oxygen atoms in total. The fourth-order valence-corrected chi connectivity index (χ4v) is 4.02. The van der Waals surface area contributed by atoms with Gasteiger partial charge in [-0.05, 0) is 54.8 Å². The van der Waals surface area contributed by atoms with Crippen molar-refractivity contribution in [1.29, 1.82) is 0 Å². The second kappa shape index (κ2) is 11.8. The quantitative estimate of drug-likeness (QED) is 0.337. The van der Waals surface area contributed by atoms with Crippen LogP contribution in [0, 0.1) is 5.92 Å². The molecule has 0 aromatic heterocycles. The second-order valence-corrected chi connectivity index (χ2v) is 8.63. The molecule has 0 spiro atoms. The maximum atomic E-state index is 12.6. The predicted octanol–water partition coefficient (Wildman–Crippen LogP) is 2.76. The summed E-state index contributed by atoms with van der Waals surface area (Å²) in [7, 11) is 1.30. The van der Waals surface area contributed by atoms with E-state index in [1.54, 1.807) is 0 Å². The number of carbonyl (C=O) groups is 4. The van der Waals surface area contributed by atoms with E-state index in [0.29, 0.717) is 18.5 Å². The van der Waals surface area contributed by atoms with E-state index in [0.717, 1.165) is 29.5 Å². The van der Waals surface area contributed by atoms with Crippen molar-refractivity contribution in [1.82, 2.24) is 15.5 Å². The highest BCUT2D eigenvalue weighted by atomic mass is 32.2. The molecule has 184 valence electrons. The number of ether oxygens (including phenoxy) is 2. The van der Waals surface area contributed by atoms with Gasteiger partial charge in [0.25, 0.3) is 11.1 Å². The zero-order valence-corrected chi connectivity index (χ0v) is 19.3. The number of alkyl halides is 2. The Labute approximate surface area is 199 Å². The maximum absolute atomic E-state index is 12.6. The SMILES string of the molecule is COc1cc(/C=C2\SC(=O)N(CCNC(=O)CCCNC(=O)C3CC3)C2=O)ccc1OC(F)F. The molecule has 2 N–H and O–H groups in total. The largest absolute Gasteiger partial charge is 0.493 e. The summed E-state index contributed by atoms with van der Waals surface area (Å²) in [5, 5.41) is 4.96. The van der Waals surface area contributed by atoms with Crippen LogP contribution in [0.4, 0.5) is 13.6 Å². The number of imide groups is 1. The monoisotopic (exact) mass is 497 g/mol. The number of rotatable bonds is 12. The Balaban J connectivity index is 1.46. The molecule has 1 aromatic carbocycles. The number of methoxy groups -OCH3 is 1. The average molecular weight is 498 g/mol. The number of thioether (sulfide) groups is 1. The zero-order chi connectivity index (χ0) is 24.7. The highest BCUT2D eigenvalue weighted by Gasteiger charge is 2.34. The minimum absolute atomic E-state index is 0.0106. The van der Waals surface area contributed by atoms with Crippen LogP contribution in [0.1, 0.15) is 31.2 Å². The number of nitrogens with one attached hydrogen (secondary N) is 2. The molecule has 1 aliphatic heterocycles. The van der Waals surface area contributed by atoms with Gasteiger partial charge >= 0.3 is 6.61 Å². The van der Waals surface area contributed by atoms with Crippen LogP contribution in [0.3, 0.4) is 0 Å². The van der Waals surface area contributed by atoms with Gasteiger partial charge in [-0.25, -0.2) is 0 Å². The number of halogens is 2. The third-order valence-electron chi connectivity index (χ3n) is 5.06. The molecule has 1 aromatic rings. The van der Waals surface area contributed by atoms with Crippen molar-refractivity contribution in [2.45, 2.75) is 32.3 Å². The van der Waals surface area contributed by atoms with E-state index in [4.69, 9.17) is 4.74 Å². The van der Waals surface area contributed by atoms with Crippen molar-refractivity contribution < 1.29 is 37.4 Å². The lowest BCUT2D eigenvalue weighted by atomic mass is 10.2. The topological polar surface area (TPSA) is 114 Å². The Morgan fingerprint density at radius 3 is 2.65 bits per heavy atom. The number of benzene rings is 1. The first-order valence-corrected chi connectivity index (χ1v) is 11.5. The molecular formula is C22H25F2N3O6S. The molecule has 0 radical (unpaired) electrons. The first kappa shape index (κ1) is 25.5.